The molecule has 0 spiro atoms. The van der Waals surface area contributed by atoms with Gasteiger partial charge in [0.1, 0.15) is 5.84 Å². The lowest BCUT2D eigenvalue weighted by molar-refractivity contribution is 1.19. The fraction of sp³-hybridized carbons (Fsp3) is 0.0714. The van der Waals surface area contributed by atoms with Gasteiger partial charge in [0.15, 0.2) is 0 Å². The summed E-state index contributed by atoms with van der Waals surface area (Å²) in [6.45, 7) is 0. The van der Waals surface area contributed by atoms with E-state index in [9.17, 15) is 0 Å². The minimum Gasteiger partial charge on any atom is -0.386 e. The van der Waals surface area contributed by atoms with E-state index in [1.807, 2.05) is 30.5 Å². The number of nitrogens with one attached hydrogen (secondary N) is 1. The zero-order valence-electron chi connectivity index (χ0n) is 11.3. The number of nitriles is 1. The van der Waals surface area contributed by atoms with Crippen molar-refractivity contribution in [3.63, 3.8) is 0 Å². The van der Waals surface area contributed by atoms with E-state index in [1.54, 1.807) is 24.2 Å². The maximum atomic E-state index is 8.48. The molecule has 8 heteroatoms. The molecule has 3 rings (SSSR count). The first-order chi connectivity index (χ1) is 9.76. The number of hydrogen-bond acceptors (Lipinski definition) is 5. The minimum atomic E-state index is 0. The summed E-state index contributed by atoms with van der Waals surface area (Å²) < 4.78 is 0. The van der Waals surface area contributed by atoms with Crippen molar-refractivity contribution in [2.24, 2.45) is 10.7 Å². The summed E-state index contributed by atoms with van der Waals surface area (Å²) in [5.74, 6) is 0.320. The Bertz CT molecular complexity index is 742. The summed E-state index contributed by atoms with van der Waals surface area (Å²) in [7, 11) is 0. The first-order valence-corrected chi connectivity index (χ1v) is 6.81. The first kappa shape index (κ1) is 18.1. The average molecular weight is 354 g/mol. The second-order valence-electron chi connectivity index (χ2n) is 4.31. The zero-order chi connectivity index (χ0) is 13.9. The Labute approximate surface area is 144 Å². The van der Waals surface area contributed by atoms with Crippen LogP contribution in [-0.4, -0.2) is 10.8 Å². The van der Waals surface area contributed by atoms with Gasteiger partial charge in [0.2, 0.25) is 6.19 Å². The van der Waals surface area contributed by atoms with Crippen molar-refractivity contribution in [2.75, 3.05) is 5.32 Å². The van der Waals surface area contributed by atoms with Gasteiger partial charge in [0.05, 0.1) is 16.3 Å². The smallest absolute Gasteiger partial charge is 0.207 e. The van der Waals surface area contributed by atoms with Crippen LogP contribution in [0.25, 0.3) is 0 Å². The SMILES string of the molecule is Cl.Cl.N#CN=C(N)Cc1ccc2c(c1)Nc1ccncc1S2. The van der Waals surface area contributed by atoms with Gasteiger partial charge in [-0.15, -0.1) is 24.8 Å². The molecule has 3 N–H and O–H groups in total. The summed E-state index contributed by atoms with van der Waals surface area (Å²) in [4.78, 5) is 9.91. The van der Waals surface area contributed by atoms with E-state index in [4.69, 9.17) is 11.0 Å². The van der Waals surface area contributed by atoms with Crippen LogP contribution in [0.5, 0.6) is 0 Å². The van der Waals surface area contributed by atoms with Gasteiger partial charge in [0.25, 0.3) is 0 Å². The lowest BCUT2D eigenvalue weighted by Gasteiger charge is -2.20. The zero-order valence-corrected chi connectivity index (χ0v) is 13.8. The van der Waals surface area contributed by atoms with Crippen LogP contribution in [0.4, 0.5) is 11.4 Å². The van der Waals surface area contributed by atoms with Crippen molar-refractivity contribution in [1.29, 1.82) is 5.26 Å². The van der Waals surface area contributed by atoms with Gasteiger partial charge in [-0.25, -0.2) is 0 Å². The molecule has 0 unspecified atom stereocenters. The highest BCUT2D eigenvalue weighted by Crippen LogP contribution is 2.43. The van der Waals surface area contributed by atoms with Crippen LogP contribution in [0.2, 0.25) is 0 Å². The van der Waals surface area contributed by atoms with E-state index in [0.29, 0.717) is 12.3 Å². The molecule has 22 heavy (non-hydrogen) atoms. The molecule has 1 aliphatic rings. The second kappa shape index (κ2) is 7.90. The number of nitrogens with zero attached hydrogens (tertiary/aromatic N) is 3. The van der Waals surface area contributed by atoms with Gasteiger partial charge in [-0.2, -0.15) is 10.3 Å². The number of benzene rings is 1. The molecule has 0 saturated heterocycles. The highest BCUT2D eigenvalue weighted by atomic mass is 35.5. The lowest BCUT2D eigenvalue weighted by Crippen LogP contribution is -2.14. The van der Waals surface area contributed by atoms with Gasteiger partial charge >= 0.3 is 0 Å². The molecule has 0 radical (unpaired) electrons. The van der Waals surface area contributed by atoms with Gasteiger partial charge in [-0.05, 0) is 23.8 Å². The molecule has 0 amide bonds. The lowest BCUT2D eigenvalue weighted by atomic mass is 10.1. The van der Waals surface area contributed by atoms with Crippen LogP contribution < -0.4 is 11.1 Å². The van der Waals surface area contributed by atoms with Gasteiger partial charge < -0.3 is 11.1 Å². The third kappa shape index (κ3) is 3.83. The summed E-state index contributed by atoms with van der Waals surface area (Å²) >= 11 is 1.68. The monoisotopic (exact) mass is 353 g/mol. The van der Waals surface area contributed by atoms with Crippen molar-refractivity contribution in [3.05, 3.63) is 42.2 Å². The molecule has 2 aromatic rings. The van der Waals surface area contributed by atoms with Gasteiger partial charge in [-0.1, -0.05) is 17.8 Å². The number of rotatable bonds is 2. The van der Waals surface area contributed by atoms with Gasteiger partial charge in [0, 0.05) is 23.7 Å². The summed E-state index contributed by atoms with van der Waals surface area (Å²) in [6.07, 6.45) is 5.78. The Morgan fingerprint density at radius 1 is 1.27 bits per heavy atom. The number of nitrogens with two attached hydrogens (primary N) is 1. The number of fused-ring (bicyclic) bond motifs is 2. The Hall–Kier alpha value is -1.94. The Balaban J connectivity index is 0.00000121. The molecule has 2 heterocycles. The molecule has 1 aromatic heterocycles. The number of aromatic nitrogens is 1. The van der Waals surface area contributed by atoms with Crippen LogP contribution in [0.3, 0.4) is 0 Å². The Morgan fingerprint density at radius 3 is 2.86 bits per heavy atom. The molecule has 5 nitrogen and oxygen atoms in total. The van der Waals surface area contributed by atoms with E-state index in [1.165, 1.54) is 0 Å². The molecule has 0 saturated carbocycles. The highest BCUT2D eigenvalue weighted by molar-refractivity contribution is 7.99. The largest absolute Gasteiger partial charge is 0.386 e. The predicted molar refractivity (Wildman–Crippen MR) is 93.5 cm³/mol. The summed E-state index contributed by atoms with van der Waals surface area (Å²) in [5, 5.41) is 11.9. The van der Waals surface area contributed by atoms with E-state index in [-0.39, 0.29) is 24.8 Å². The number of aliphatic imine (C=N–C) groups is 1. The normalized spacial score (nSPS) is 11.7. The van der Waals surface area contributed by atoms with Crippen LogP contribution in [0.1, 0.15) is 5.56 Å². The van der Waals surface area contributed by atoms with E-state index >= 15 is 0 Å². The molecule has 1 aliphatic heterocycles. The average Bonchev–Trinajstić information content (AvgIpc) is 2.45. The maximum absolute atomic E-state index is 8.48. The maximum Gasteiger partial charge on any atom is 0.207 e. The van der Waals surface area contributed by atoms with Crippen molar-refractivity contribution in [1.82, 2.24) is 4.98 Å². The quantitative estimate of drug-likeness (QED) is 0.418. The third-order valence-electron chi connectivity index (χ3n) is 2.90. The number of pyridine rings is 1. The fourth-order valence-corrected chi connectivity index (χ4v) is 2.95. The van der Waals surface area contributed by atoms with Gasteiger partial charge in [-0.3, -0.25) is 4.98 Å². The topological polar surface area (TPSA) is 87.1 Å². The first-order valence-electron chi connectivity index (χ1n) is 5.99. The molecule has 1 aromatic carbocycles. The molecule has 0 bridgehead atoms. The predicted octanol–water partition coefficient (Wildman–Crippen LogP) is 3.51. The Kier molecular flexibility index (Phi) is 6.50. The van der Waals surface area contributed by atoms with Crippen molar-refractivity contribution in [3.8, 4) is 6.19 Å². The summed E-state index contributed by atoms with van der Waals surface area (Å²) in [5.41, 5.74) is 8.77. The highest BCUT2D eigenvalue weighted by Gasteiger charge is 2.15. The van der Waals surface area contributed by atoms with Crippen molar-refractivity contribution in [2.45, 2.75) is 16.2 Å². The third-order valence-corrected chi connectivity index (χ3v) is 4.02. The van der Waals surface area contributed by atoms with Crippen LogP contribution in [-0.2, 0) is 6.42 Å². The molecule has 0 atom stereocenters. The molecule has 0 aliphatic carbocycles. The molecular formula is C14H13Cl2N5S. The number of hydrogen-bond donors (Lipinski definition) is 2. The summed E-state index contributed by atoms with van der Waals surface area (Å²) in [6, 6.07) is 8.02. The standard InChI is InChI=1S/C14H11N5S.2ClH/c15-8-18-14(16)6-9-1-2-12-11(5-9)19-10-3-4-17-7-13(10)20-12;;/h1-5,7,19H,6H2,(H2,16,18);2*1H. The number of halogens is 2. The van der Waals surface area contributed by atoms with Crippen LogP contribution in [0, 0.1) is 11.5 Å². The Morgan fingerprint density at radius 2 is 2.09 bits per heavy atom. The van der Waals surface area contributed by atoms with E-state index in [0.717, 1.165) is 26.7 Å². The number of amidine groups is 1. The van der Waals surface area contributed by atoms with E-state index in [2.05, 4.69) is 15.3 Å². The number of anilines is 2. The van der Waals surface area contributed by atoms with Crippen molar-refractivity contribution < 1.29 is 0 Å². The van der Waals surface area contributed by atoms with E-state index < -0.39 is 0 Å². The van der Waals surface area contributed by atoms with Crippen LogP contribution >= 0.6 is 36.6 Å². The second-order valence-corrected chi connectivity index (χ2v) is 5.39. The minimum absolute atomic E-state index is 0. The van der Waals surface area contributed by atoms with Crippen molar-refractivity contribution >= 4 is 53.8 Å². The molecule has 0 fully saturated rings. The van der Waals surface area contributed by atoms with Crippen LogP contribution in [0.15, 0.2) is 51.4 Å². The molecule has 114 valence electrons. The fourth-order valence-electron chi connectivity index (χ4n) is 2.01. The molecular weight excluding hydrogens is 341 g/mol.